The molecule has 0 spiro atoms. The van der Waals surface area contributed by atoms with Crippen molar-refractivity contribution in [3.8, 4) is 5.75 Å². The molecule has 0 amide bonds. The average Bonchev–Trinajstić information content (AvgIpc) is 2.69. The first kappa shape index (κ1) is 21.8. The van der Waals surface area contributed by atoms with Gasteiger partial charge in [-0.1, -0.05) is 18.2 Å². The minimum absolute atomic E-state index is 0. The first-order valence-corrected chi connectivity index (χ1v) is 9.56. The molecule has 2 aliphatic rings. The van der Waals surface area contributed by atoms with Crippen LogP contribution in [-0.2, 0) is 9.53 Å². The number of nitrogens with one attached hydrogen (secondary N) is 1. The third-order valence-electron chi connectivity index (χ3n) is 5.14. The second-order valence-electron chi connectivity index (χ2n) is 6.84. The maximum Gasteiger partial charge on any atom is 0.310 e. The number of guanidine groups is 1. The Labute approximate surface area is 178 Å². The number of aliphatic imine (C=N–C) groups is 1. The van der Waals surface area contributed by atoms with E-state index in [0.29, 0.717) is 19.1 Å². The second kappa shape index (κ2) is 10.7. The van der Waals surface area contributed by atoms with Crippen molar-refractivity contribution in [2.45, 2.75) is 32.1 Å². The monoisotopic (exact) mass is 487 g/mol. The molecule has 2 unspecified atom stereocenters. The van der Waals surface area contributed by atoms with Crippen molar-refractivity contribution in [2.75, 3.05) is 39.9 Å². The van der Waals surface area contributed by atoms with E-state index < -0.39 is 0 Å². The number of ether oxygens (including phenoxy) is 2. The number of carbonyl (C=O) groups is 1. The van der Waals surface area contributed by atoms with Crippen molar-refractivity contribution in [1.82, 2.24) is 10.2 Å². The van der Waals surface area contributed by atoms with Crippen LogP contribution < -0.4 is 10.1 Å². The van der Waals surface area contributed by atoms with E-state index >= 15 is 0 Å². The van der Waals surface area contributed by atoms with Crippen molar-refractivity contribution in [2.24, 2.45) is 10.9 Å². The summed E-state index contributed by atoms with van der Waals surface area (Å²) in [6.07, 6.45) is 2.86. The molecular weight excluding hydrogens is 457 g/mol. The van der Waals surface area contributed by atoms with Crippen LogP contribution in [0.15, 0.2) is 29.3 Å². The van der Waals surface area contributed by atoms with Gasteiger partial charge in [-0.2, -0.15) is 0 Å². The van der Waals surface area contributed by atoms with Crippen LogP contribution in [-0.4, -0.2) is 56.7 Å². The molecule has 1 fully saturated rings. The predicted octanol–water partition coefficient (Wildman–Crippen LogP) is 3.02. The van der Waals surface area contributed by atoms with E-state index in [1.807, 2.05) is 19.1 Å². The molecule has 6 nitrogen and oxygen atoms in total. The number of likely N-dealkylation sites (tertiary alicyclic amines) is 1. The molecule has 0 aliphatic carbocycles. The smallest absolute Gasteiger partial charge is 0.310 e. The van der Waals surface area contributed by atoms with Gasteiger partial charge in [0.1, 0.15) is 5.75 Å². The van der Waals surface area contributed by atoms with E-state index in [1.165, 1.54) is 5.56 Å². The molecule has 0 aromatic heterocycles. The Morgan fingerprint density at radius 2 is 2.19 bits per heavy atom. The standard InChI is InChI=1S/C20H29N3O3.HI/c1-3-25-19(24)16-7-6-11-23(14-16)20(21-2)22-13-15-10-12-26-18-9-5-4-8-17(15)18;/h4-5,8-9,15-16H,3,6-7,10-14H2,1-2H3,(H,21,22);1H. The number of hydrogen-bond acceptors (Lipinski definition) is 4. The Bertz CT molecular complexity index is 653. The number of fused-ring (bicyclic) bond motifs is 1. The van der Waals surface area contributed by atoms with Gasteiger partial charge in [-0.15, -0.1) is 24.0 Å². The van der Waals surface area contributed by atoms with Gasteiger partial charge in [0.25, 0.3) is 0 Å². The number of nitrogens with zero attached hydrogens (tertiary/aromatic N) is 2. The molecule has 0 saturated carbocycles. The highest BCUT2D eigenvalue weighted by Gasteiger charge is 2.29. The molecule has 2 heterocycles. The molecule has 0 radical (unpaired) electrons. The molecule has 1 aromatic carbocycles. The van der Waals surface area contributed by atoms with Crippen molar-refractivity contribution in [1.29, 1.82) is 0 Å². The van der Waals surface area contributed by atoms with E-state index in [4.69, 9.17) is 9.47 Å². The summed E-state index contributed by atoms with van der Waals surface area (Å²) in [5.41, 5.74) is 1.25. The van der Waals surface area contributed by atoms with Crippen LogP contribution in [0, 0.1) is 5.92 Å². The van der Waals surface area contributed by atoms with Crippen molar-refractivity contribution in [3.63, 3.8) is 0 Å². The fourth-order valence-electron chi connectivity index (χ4n) is 3.80. The molecule has 7 heteroatoms. The van der Waals surface area contributed by atoms with Crippen LogP contribution in [0.1, 0.15) is 37.7 Å². The quantitative estimate of drug-likeness (QED) is 0.306. The Hall–Kier alpha value is -1.51. The third kappa shape index (κ3) is 5.49. The Morgan fingerprint density at radius 3 is 2.96 bits per heavy atom. The fraction of sp³-hybridized carbons (Fsp3) is 0.600. The molecule has 2 aliphatic heterocycles. The number of halogens is 1. The van der Waals surface area contributed by atoms with Crippen LogP contribution in [0.3, 0.4) is 0 Å². The second-order valence-corrected chi connectivity index (χ2v) is 6.84. The van der Waals surface area contributed by atoms with Gasteiger partial charge in [-0.25, -0.2) is 0 Å². The van der Waals surface area contributed by atoms with E-state index in [2.05, 4.69) is 27.3 Å². The maximum atomic E-state index is 12.1. The summed E-state index contributed by atoms with van der Waals surface area (Å²) in [7, 11) is 1.80. The first-order chi connectivity index (χ1) is 12.7. The molecule has 150 valence electrons. The molecule has 2 atom stereocenters. The van der Waals surface area contributed by atoms with Gasteiger partial charge >= 0.3 is 5.97 Å². The van der Waals surface area contributed by atoms with Gasteiger partial charge in [0, 0.05) is 32.6 Å². The van der Waals surface area contributed by atoms with Crippen LogP contribution in [0.25, 0.3) is 0 Å². The van der Waals surface area contributed by atoms with Gasteiger partial charge in [0.2, 0.25) is 0 Å². The summed E-state index contributed by atoms with van der Waals surface area (Å²) in [4.78, 5) is 18.7. The SMILES string of the molecule is CCOC(=O)C1CCCN(C(=NC)NCC2CCOc3ccccc32)C1.I. The lowest BCUT2D eigenvalue weighted by molar-refractivity contribution is -0.149. The number of esters is 1. The zero-order chi connectivity index (χ0) is 18.4. The normalized spacial score (nSPS) is 22.1. The topological polar surface area (TPSA) is 63.2 Å². The summed E-state index contributed by atoms with van der Waals surface area (Å²) in [6, 6.07) is 8.24. The number of carbonyl (C=O) groups excluding carboxylic acids is 1. The van der Waals surface area contributed by atoms with E-state index in [-0.39, 0.29) is 35.9 Å². The largest absolute Gasteiger partial charge is 0.493 e. The molecule has 1 aromatic rings. The number of rotatable bonds is 4. The summed E-state index contributed by atoms with van der Waals surface area (Å²) < 4.78 is 10.9. The van der Waals surface area contributed by atoms with Gasteiger partial charge in [0.15, 0.2) is 5.96 Å². The van der Waals surface area contributed by atoms with Gasteiger partial charge in [0.05, 0.1) is 19.1 Å². The molecular formula is C20H30IN3O3. The lowest BCUT2D eigenvalue weighted by atomic mass is 9.93. The molecule has 3 rings (SSSR count). The van der Waals surface area contributed by atoms with E-state index in [0.717, 1.165) is 50.7 Å². The maximum absolute atomic E-state index is 12.1. The zero-order valence-electron chi connectivity index (χ0n) is 16.1. The first-order valence-electron chi connectivity index (χ1n) is 9.56. The van der Waals surface area contributed by atoms with Gasteiger partial charge in [-0.3, -0.25) is 9.79 Å². The summed E-state index contributed by atoms with van der Waals surface area (Å²) in [5.74, 6) is 2.10. The molecule has 1 saturated heterocycles. The minimum atomic E-state index is -0.0917. The highest BCUT2D eigenvalue weighted by Crippen LogP contribution is 2.32. The van der Waals surface area contributed by atoms with Gasteiger partial charge in [-0.05, 0) is 37.8 Å². The predicted molar refractivity (Wildman–Crippen MR) is 117 cm³/mol. The Morgan fingerprint density at radius 1 is 1.37 bits per heavy atom. The molecule has 1 N–H and O–H groups in total. The van der Waals surface area contributed by atoms with Crippen LogP contribution >= 0.6 is 24.0 Å². The van der Waals surface area contributed by atoms with Gasteiger partial charge < -0.3 is 19.7 Å². The molecule has 27 heavy (non-hydrogen) atoms. The zero-order valence-corrected chi connectivity index (χ0v) is 18.5. The highest BCUT2D eigenvalue weighted by molar-refractivity contribution is 14.0. The van der Waals surface area contributed by atoms with Crippen molar-refractivity contribution < 1.29 is 14.3 Å². The lowest BCUT2D eigenvalue weighted by Gasteiger charge is -2.35. The Balaban J connectivity index is 0.00000261. The fourth-order valence-corrected chi connectivity index (χ4v) is 3.80. The average molecular weight is 487 g/mol. The van der Waals surface area contributed by atoms with Crippen molar-refractivity contribution in [3.05, 3.63) is 29.8 Å². The minimum Gasteiger partial charge on any atom is -0.493 e. The lowest BCUT2D eigenvalue weighted by Crippen LogP contribution is -2.49. The van der Waals surface area contributed by atoms with Crippen LogP contribution in [0.5, 0.6) is 5.75 Å². The van der Waals surface area contributed by atoms with Crippen LogP contribution in [0.4, 0.5) is 0 Å². The molecule has 0 bridgehead atoms. The summed E-state index contributed by atoms with van der Waals surface area (Å²) in [6.45, 7) is 5.43. The van der Waals surface area contributed by atoms with E-state index in [9.17, 15) is 4.79 Å². The van der Waals surface area contributed by atoms with Crippen molar-refractivity contribution >= 4 is 35.9 Å². The number of piperidine rings is 1. The van der Waals surface area contributed by atoms with Crippen LogP contribution in [0.2, 0.25) is 0 Å². The Kier molecular flexibility index (Phi) is 8.66. The highest BCUT2D eigenvalue weighted by atomic mass is 127. The number of benzene rings is 1. The van der Waals surface area contributed by atoms with E-state index in [1.54, 1.807) is 7.05 Å². The third-order valence-corrected chi connectivity index (χ3v) is 5.14. The number of para-hydroxylation sites is 1. The number of hydrogen-bond donors (Lipinski definition) is 1. The summed E-state index contributed by atoms with van der Waals surface area (Å²) >= 11 is 0. The summed E-state index contributed by atoms with van der Waals surface area (Å²) in [5, 5.41) is 3.51.